The lowest BCUT2D eigenvalue weighted by Crippen LogP contribution is -2.41. The van der Waals surface area contributed by atoms with Crippen LogP contribution in [-0.4, -0.2) is 13.1 Å². The zero-order chi connectivity index (χ0) is 13.9. The molecular formula is C17H26BrN. The standard InChI is InChI=1S/C17H26BrN/c1-13(2)11-19-12-17(9-5-6-14(17)3)15-7-4-8-16(18)10-15/h4,7-8,10,13-14,19H,5-6,9,11-12H2,1-3H3. The van der Waals surface area contributed by atoms with E-state index in [0.717, 1.165) is 24.9 Å². The molecule has 0 bridgehead atoms. The third-order valence-corrected chi connectivity index (χ3v) is 5.09. The van der Waals surface area contributed by atoms with E-state index in [0.29, 0.717) is 5.41 Å². The molecule has 0 heterocycles. The maximum absolute atomic E-state index is 3.70. The Morgan fingerprint density at radius 1 is 1.42 bits per heavy atom. The van der Waals surface area contributed by atoms with Crippen LogP contribution in [0.1, 0.15) is 45.6 Å². The fourth-order valence-corrected chi connectivity index (χ4v) is 3.82. The van der Waals surface area contributed by atoms with Crippen LogP contribution in [0.3, 0.4) is 0 Å². The Hall–Kier alpha value is -0.340. The third-order valence-electron chi connectivity index (χ3n) is 4.60. The maximum atomic E-state index is 3.70. The van der Waals surface area contributed by atoms with E-state index in [1.807, 2.05) is 0 Å². The molecule has 2 heteroatoms. The lowest BCUT2D eigenvalue weighted by atomic mass is 9.73. The topological polar surface area (TPSA) is 12.0 Å². The maximum Gasteiger partial charge on any atom is 0.0178 e. The second-order valence-electron chi connectivity index (χ2n) is 6.48. The van der Waals surface area contributed by atoms with Crippen LogP contribution in [0.4, 0.5) is 0 Å². The molecule has 1 fully saturated rings. The number of rotatable bonds is 5. The van der Waals surface area contributed by atoms with Gasteiger partial charge in [-0.3, -0.25) is 0 Å². The molecule has 1 aliphatic carbocycles. The van der Waals surface area contributed by atoms with Crippen LogP contribution in [0.2, 0.25) is 0 Å². The van der Waals surface area contributed by atoms with Crippen molar-refractivity contribution in [1.29, 1.82) is 0 Å². The van der Waals surface area contributed by atoms with E-state index < -0.39 is 0 Å². The molecule has 2 rings (SSSR count). The molecule has 1 saturated carbocycles. The predicted octanol–water partition coefficient (Wildman–Crippen LogP) is 4.75. The van der Waals surface area contributed by atoms with Gasteiger partial charge < -0.3 is 5.32 Å². The van der Waals surface area contributed by atoms with Gasteiger partial charge in [0.15, 0.2) is 0 Å². The van der Waals surface area contributed by atoms with E-state index in [9.17, 15) is 0 Å². The quantitative estimate of drug-likeness (QED) is 0.824. The highest BCUT2D eigenvalue weighted by molar-refractivity contribution is 9.10. The monoisotopic (exact) mass is 323 g/mol. The van der Waals surface area contributed by atoms with Gasteiger partial charge in [-0.2, -0.15) is 0 Å². The first kappa shape index (κ1) is 15.1. The smallest absolute Gasteiger partial charge is 0.0178 e. The van der Waals surface area contributed by atoms with Crippen molar-refractivity contribution in [2.24, 2.45) is 11.8 Å². The third kappa shape index (κ3) is 3.41. The summed E-state index contributed by atoms with van der Waals surface area (Å²) in [6, 6.07) is 8.93. The van der Waals surface area contributed by atoms with Crippen molar-refractivity contribution in [1.82, 2.24) is 5.32 Å². The summed E-state index contributed by atoms with van der Waals surface area (Å²) in [6.07, 6.45) is 4.03. The molecule has 0 radical (unpaired) electrons. The average molecular weight is 324 g/mol. The van der Waals surface area contributed by atoms with E-state index in [2.05, 4.69) is 66.3 Å². The summed E-state index contributed by atoms with van der Waals surface area (Å²) in [7, 11) is 0. The molecule has 1 N–H and O–H groups in total. The lowest BCUT2D eigenvalue weighted by molar-refractivity contribution is 0.311. The fraction of sp³-hybridized carbons (Fsp3) is 0.647. The van der Waals surface area contributed by atoms with Crippen LogP contribution in [0.15, 0.2) is 28.7 Å². The SMILES string of the molecule is CC(C)CNCC1(c2cccc(Br)c2)CCCC1C. The number of hydrogen-bond donors (Lipinski definition) is 1. The minimum absolute atomic E-state index is 0.332. The fourth-order valence-electron chi connectivity index (χ4n) is 3.42. The van der Waals surface area contributed by atoms with Gasteiger partial charge in [0, 0.05) is 16.4 Å². The number of benzene rings is 1. The second-order valence-corrected chi connectivity index (χ2v) is 7.40. The molecule has 0 aliphatic heterocycles. The first-order chi connectivity index (χ1) is 9.04. The van der Waals surface area contributed by atoms with Crippen LogP contribution < -0.4 is 5.32 Å². The Morgan fingerprint density at radius 3 is 2.79 bits per heavy atom. The number of nitrogens with one attached hydrogen (secondary N) is 1. The van der Waals surface area contributed by atoms with E-state index in [4.69, 9.17) is 0 Å². The van der Waals surface area contributed by atoms with E-state index in [-0.39, 0.29) is 0 Å². The summed E-state index contributed by atoms with van der Waals surface area (Å²) in [6.45, 7) is 9.20. The Balaban J connectivity index is 2.20. The highest BCUT2D eigenvalue weighted by atomic mass is 79.9. The van der Waals surface area contributed by atoms with Gasteiger partial charge in [0.25, 0.3) is 0 Å². The summed E-state index contributed by atoms with van der Waals surface area (Å²) in [5, 5.41) is 3.70. The Kier molecular flexibility index (Phi) is 5.08. The van der Waals surface area contributed by atoms with Crippen LogP contribution in [0.25, 0.3) is 0 Å². The van der Waals surface area contributed by atoms with Gasteiger partial charge in [-0.1, -0.05) is 55.3 Å². The van der Waals surface area contributed by atoms with Crippen molar-refractivity contribution < 1.29 is 0 Å². The first-order valence-corrected chi connectivity index (χ1v) is 8.30. The van der Waals surface area contributed by atoms with Gasteiger partial charge >= 0.3 is 0 Å². The highest BCUT2D eigenvalue weighted by Gasteiger charge is 2.41. The summed E-state index contributed by atoms with van der Waals surface area (Å²) < 4.78 is 1.20. The van der Waals surface area contributed by atoms with Crippen molar-refractivity contribution in [3.8, 4) is 0 Å². The summed E-state index contributed by atoms with van der Waals surface area (Å²) in [4.78, 5) is 0. The molecule has 1 aliphatic rings. The predicted molar refractivity (Wildman–Crippen MR) is 86.5 cm³/mol. The molecule has 0 aromatic heterocycles. The zero-order valence-corrected chi connectivity index (χ0v) is 14.0. The van der Waals surface area contributed by atoms with Crippen LogP contribution >= 0.6 is 15.9 Å². The minimum atomic E-state index is 0.332. The molecule has 0 spiro atoms. The highest BCUT2D eigenvalue weighted by Crippen LogP contribution is 2.45. The molecule has 1 aromatic carbocycles. The van der Waals surface area contributed by atoms with Gasteiger partial charge in [-0.15, -0.1) is 0 Å². The van der Waals surface area contributed by atoms with E-state index in [1.54, 1.807) is 0 Å². The number of hydrogen-bond acceptors (Lipinski definition) is 1. The summed E-state index contributed by atoms with van der Waals surface area (Å²) >= 11 is 3.62. The van der Waals surface area contributed by atoms with Gasteiger partial charge in [-0.25, -0.2) is 0 Å². The lowest BCUT2D eigenvalue weighted by Gasteiger charge is -2.35. The Bertz CT molecular complexity index is 415. The van der Waals surface area contributed by atoms with Crippen molar-refractivity contribution in [2.75, 3.05) is 13.1 Å². The van der Waals surface area contributed by atoms with E-state index in [1.165, 1.54) is 29.3 Å². The second kappa shape index (κ2) is 6.41. The first-order valence-electron chi connectivity index (χ1n) is 7.51. The normalized spacial score (nSPS) is 27.1. The molecule has 1 aromatic rings. The van der Waals surface area contributed by atoms with Crippen LogP contribution in [0, 0.1) is 11.8 Å². The summed E-state index contributed by atoms with van der Waals surface area (Å²) in [5.41, 5.74) is 1.83. The minimum Gasteiger partial charge on any atom is -0.316 e. The van der Waals surface area contributed by atoms with E-state index >= 15 is 0 Å². The van der Waals surface area contributed by atoms with Gasteiger partial charge in [0.05, 0.1) is 0 Å². The number of halogens is 1. The average Bonchev–Trinajstić information content (AvgIpc) is 2.71. The van der Waals surface area contributed by atoms with Crippen molar-refractivity contribution in [3.63, 3.8) is 0 Å². The molecule has 2 atom stereocenters. The Morgan fingerprint density at radius 2 is 2.21 bits per heavy atom. The zero-order valence-electron chi connectivity index (χ0n) is 12.4. The molecular weight excluding hydrogens is 298 g/mol. The van der Waals surface area contributed by atoms with Crippen molar-refractivity contribution in [3.05, 3.63) is 34.3 Å². The molecule has 1 nitrogen and oxygen atoms in total. The molecule has 2 unspecified atom stereocenters. The Labute approximate surface area is 126 Å². The largest absolute Gasteiger partial charge is 0.316 e. The van der Waals surface area contributed by atoms with Gasteiger partial charge in [-0.05, 0) is 48.9 Å². The van der Waals surface area contributed by atoms with Gasteiger partial charge in [0.2, 0.25) is 0 Å². The molecule has 106 valence electrons. The van der Waals surface area contributed by atoms with Crippen LogP contribution in [-0.2, 0) is 5.41 Å². The van der Waals surface area contributed by atoms with Crippen molar-refractivity contribution >= 4 is 15.9 Å². The molecule has 0 amide bonds. The van der Waals surface area contributed by atoms with Gasteiger partial charge in [0.1, 0.15) is 0 Å². The molecule has 0 saturated heterocycles. The van der Waals surface area contributed by atoms with Crippen molar-refractivity contribution in [2.45, 2.75) is 45.4 Å². The molecule has 19 heavy (non-hydrogen) atoms. The van der Waals surface area contributed by atoms with Crippen LogP contribution in [0.5, 0.6) is 0 Å². The summed E-state index contributed by atoms with van der Waals surface area (Å²) in [5.74, 6) is 1.48.